The second-order valence-corrected chi connectivity index (χ2v) is 9.97. The summed E-state index contributed by atoms with van der Waals surface area (Å²) in [5.74, 6) is 0.625. The summed E-state index contributed by atoms with van der Waals surface area (Å²) < 4.78 is 23.0. The van der Waals surface area contributed by atoms with Gasteiger partial charge in [-0.3, -0.25) is 9.79 Å². The Balaban J connectivity index is 1.42. The van der Waals surface area contributed by atoms with Crippen LogP contribution in [0, 0.1) is 0 Å². The van der Waals surface area contributed by atoms with E-state index in [1.807, 2.05) is 17.0 Å². The van der Waals surface area contributed by atoms with Crippen LogP contribution in [0.25, 0.3) is 0 Å². The first-order chi connectivity index (χ1) is 13.9. The van der Waals surface area contributed by atoms with Crippen molar-refractivity contribution in [3.8, 4) is 0 Å². The number of fused-ring (bicyclic) bond motifs is 1. The van der Waals surface area contributed by atoms with Gasteiger partial charge in [-0.1, -0.05) is 12.1 Å². The van der Waals surface area contributed by atoms with Crippen molar-refractivity contribution in [1.82, 2.24) is 15.5 Å². The fraction of sp³-hybridized carbons (Fsp3) is 0.400. The summed E-state index contributed by atoms with van der Waals surface area (Å²) in [5.41, 5.74) is 2.27. The molecule has 1 amide bonds. The quantitative estimate of drug-likeness (QED) is 0.530. The standard InChI is InChI=1S/C20H26N4O3S2/c1-21-20(22-10-7-15-3-5-17(6-4-15)29(2,26)27)23-13-19(25)24-11-8-18-16(14-24)9-12-28-18/h3-6,9,12H,7-8,10-11,13-14H2,1-2H3,(H2,21,22,23). The molecular formula is C20H26N4O3S2. The molecule has 0 aliphatic carbocycles. The first-order valence-corrected chi connectivity index (χ1v) is 12.2. The maximum Gasteiger partial charge on any atom is 0.242 e. The maximum atomic E-state index is 12.5. The number of nitrogens with zero attached hydrogens (tertiary/aromatic N) is 2. The fourth-order valence-electron chi connectivity index (χ4n) is 3.18. The van der Waals surface area contributed by atoms with Crippen LogP contribution in [0.5, 0.6) is 0 Å². The highest BCUT2D eigenvalue weighted by molar-refractivity contribution is 7.90. The van der Waals surface area contributed by atoms with Crippen LogP contribution in [0.4, 0.5) is 0 Å². The average molecular weight is 435 g/mol. The van der Waals surface area contributed by atoms with Crippen LogP contribution < -0.4 is 10.6 Å². The van der Waals surface area contributed by atoms with Gasteiger partial charge in [0, 0.05) is 37.8 Å². The molecule has 1 aromatic heterocycles. The Hall–Kier alpha value is -2.39. The molecule has 0 atom stereocenters. The number of guanidine groups is 1. The minimum atomic E-state index is -3.18. The van der Waals surface area contributed by atoms with E-state index in [0.29, 0.717) is 30.4 Å². The molecule has 2 N–H and O–H groups in total. The van der Waals surface area contributed by atoms with Gasteiger partial charge in [-0.15, -0.1) is 11.3 Å². The van der Waals surface area contributed by atoms with Gasteiger partial charge in [0.1, 0.15) is 0 Å². The van der Waals surface area contributed by atoms with Crippen LogP contribution in [0.1, 0.15) is 16.0 Å². The first kappa shape index (κ1) is 21.3. The Morgan fingerprint density at radius 3 is 2.66 bits per heavy atom. The molecule has 0 radical (unpaired) electrons. The Labute approximate surface area is 175 Å². The molecule has 2 aromatic rings. The van der Waals surface area contributed by atoms with Gasteiger partial charge in [0.25, 0.3) is 0 Å². The van der Waals surface area contributed by atoms with Gasteiger partial charge in [0.15, 0.2) is 15.8 Å². The van der Waals surface area contributed by atoms with E-state index in [0.717, 1.165) is 18.5 Å². The first-order valence-electron chi connectivity index (χ1n) is 9.43. The van der Waals surface area contributed by atoms with Crippen molar-refractivity contribution in [2.45, 2.75) is 24.3 Å². The lowest BCUT2D eigenvalue weighted by atomic mass is 10.1. The largest absolute Gasteiger partial charge is 0.356 e. The monoisotopic (exact) mass is 434 g/mol. The highest BCUT2D eigenvalue weighted by Crippen LogP contribution is 2.23. The highest BCUT2D eigenvalue weighted by Gasteiger charge is 2.21. The van der Waals surface area contributed by atoms with Crippen molar-refractivity contribution in [1.29, 1.82) is 0 Å². The zero-order valence-electron chi connectivity index (χ0n) is 16.6. The Morgan fingerprint density at radius 1 is 1.21 bits per heavy atom. The smallest absolute Gasteiger partial charge is 0.242 e. The van der Waals surface area contributed by atoms with Gasteiger partial charge >= 0.3 is 0 Å². The molecule has 9 heteroatoms. The second kappa shape index (κ2) is 9.41. The van der Waals surface area contributed by atoms with E-state index in [2.05, 4.69) is 27.1 Å². The van der Waals surface area contributed by atoms with E-state index < -0.39 is 9.84 Å². The molecule has 156 valence electrons. The third-order valence-corrected chi connectivity index (χ3v) is 7.00. The number of rotatable bonds is 6. The van der Waals surface area contributed by atoms with E-state index in [1.54, 1.807) is 30.5 Å². The molecule has 0 spiro atoms. The summed E-state index contributed by atoms with van der Waals surface area (Å²) in [4.78, 5) is 20.2. The normalized spacial score (nSPS) is 14.4. The molecule has 2 heterocycles. The van der Waals surface area contributed by atoms with Crippen LogP contribution >= 0.6 is 11.3 Å². The molecule has 1 aromatic carbocycles. The summed E-state index contributed by atoms with van der Waals surface area (Å²) in [6, 6.07) is 8.96. The van der Waals surface area contributed by atoms with Crippen molar-refractivity contribution in [3.05, 3.63) is 51.7 Å². The van der Waals surface area contributed by atoms with E-state index >= 15 is 0 Å². The zero-order chi connectivity index (χ0) is 20.9. The lowest BCUT2D eigenvalue weighted by Gasteiger charge is -2.27. The lowest BCUT2D eigenvalue weighted by molar-refractivity contribution is -0.130. The van der Waals surface area contributed by atoms with Gasteiger partial charge in [-0.25, -0.2) is 8.42 Å². The predicted octanol–water partition coefficient (Wildman–Crippen LogP) is 1.44. The zero-order valence-corrected chi connectivity index (χ0v) is 18.3. The molecule has 1 aliphatic rings. The average Bonchev–Trinajstić information content (AvgIpc) is 3.17. The number of hydrogen-bond donors (Lipinski definition) is 2. The van der Waals surface area contributed by atoms with Gasteiger partial charge < -0.3 is 15.5 Å². The number of benzene rings is 1. The summed E-state index contributed by atoms with van der Waals surface area (Å²) in [6.45, 7) is 2.24. The Bertz CT molecular complexity index is 981. The molecule has 1 aliphatic heterocycles. The molecule has 29 heavy (non-hydrogen) atoms. The molecule has 0 unspecified atom stereocenters. The van der Waals surface area contributed by atoms with E-state index in [-0.39, 0.29) is 12.5 Å². The van der Waals surface area contributed by atoms with E-state index in [9.17, 15) is 13.2 Å². The number of carbonyl (C=O) groups excluding carboxylic acids is 1. The summed E-state index contributed by atoms with van der Waals surface area (Å²) in [7, 11) is -1.51. The number of hydrogen-bond acceptors (Lipinski definition) is 5. The predicted molar refractivity (Wildman–Crippen MR) is 116 cm³/mol. The molecule has 7 nitrogen and oxygen atoms in total. The number of aliphatic imine (C=N–C) groups is 1. The maximum absolute atomic E-state index is 12.5. The minimum absolute atomic E-state index is 0.0566. The lowest BCUT2D eigenvalue weighted by Crippen LogP contribution is -2.46. The number of amides is 1. The summed E-state index contributed by atoms with van der Waals surface area (Å²) in [5, 5.41) is 8.34. The third-order valence-electron chi connectivity index (χ3n) is 4.85. The van der Waals surface area contributed by atoms with Gasteiger partial charge in [0.05, 0.1) is 11.4 Å². The van der Waals surface area contributed by atoms with Gasteiger partial charge in [-0.05, 0) is 47.5 Å². The Morgan fingerprint density at radius 2 is 1.97 bits per heavy atom. The molecule has 0 saturated carbocycles. The van der Waals surface area contributed by atoms with Crippen LogP contribution in [0.3, 0.4) is 0 Å². The van der Waals surface area contributed by atoms with Crippen LogP contribution in [0.2, 0.25) is 0 Å². The summed E-state index contributed by atoms with van der Waals surface area (Å²) in [6.07, 6.45) is 2.83. The molecule has 0 fully saturated rings. The minimum Gasteiger partial charge on any atom is -0.356 e. The van der Waals surface area contributed by atoms with Crippen LogP contribution in [-0.4, -0.2) is 58.1 Å². The van der Waals surface area contributed by atoms with Gasteiger partial charge in [0.2, 0.25) is 5.91 Å². The number of sulfone groups is 1. The fourth-order valence-corrected chi connectivity index (χ4v) is 4.70. The number of thiophene rings is 1. The molecule has 0 saturated heterocycles. The van der Waals surface area contributed by atoms with E-state index in [1.165, 1.54) is 16.7 Å². The van der Waals surface area contributed by atoms with Crippen LogP contribution in [-0.2, 0) is 34.0 Å². The van der Waals surface area contributed by atoms with Crippen molar-refractivity contribution in [2.75, 3.05) is 32.9 Å². The van der Waals surface area contributed by atoms with Crippen LogP contribution in [0.15, 0.2) is 45.6 Å². The highest BCUT2D eigenvalue weighted by atomic mass is 32.2. The number of nitrogens with one attached hydrogen (secondary N) is 2. The third kappa shape index (κ3) is 5.80. The second-order valence-electron chi connectivity index (χ2n) is 6.95. The SMILES string of the molecule is CN=C(NCCc1ccc(S(C)(=O)=O)cc1)NCC(=O)N1CCc2sccc2C1. The summed E-state index contributed by atoms with van der Waals surface area (Å²) >= 11 is 1.76. The van der Waals surface area contributed by atoms with Crippen molar-refractivity contribution in [2.24, 2.45) is 4.99 Å². The molecular weight excluding hydrogens is 408 g/mol. The van der Waals surface area contributed by atoms with Crippen molar-refractivity contribution < 1.29 is 13.2 Å². The van der Waals surface area contributed by atoms with Crippen molar-refractivity contribution >= 4 is 33.0 Å². The number of carbonyl (C=O) groups is 1. The van der Waals surface area contributed by atoms with E-state index in [4.69, 9.17) is 0 Å². The van der Waals surface area contributed by atoms with Crippen molar-refractivity contribution in [3.63, 3.8) is 0 Å². The van der Waals surface area contributed by atoms with Gasteiger partial charge in [-0.2, -0.15) is 0 Å². The topological polar surface area (TPSA) is 90.9 Å². The Kier molecular flexibility index (Phi) is 6.92. The molecule has 3 rings (SSSR count). The molecule has 0 bridgehead atoms.